The van der Waals surface area contributed by atoms with Crippen LogP contribution in [0.5, 0.6) is 5.75 Å². The Hall–Kier alpha value is -0.550. The molecule has 0 saturated heterocycles. The van der Waals surface area contributed by atoms with Gasteiger partial charge in [0, 0.05) is 0 Å². The van der Waals surface area contributed by atoms with Gasteiger partial charge >= 0.3 is 0 Å². The van der Waals surface area contributed by atoms with E-state index in [1.165, 1.54) is 6.42 Å². The van der Waals surface area contributed by atoms with Crippen LogP contribution in [0, 0.1) is 5.41 Å². The van der Waals surface area contributed by atoms with E-state index in [1.54, 1.807) is 6.07 Å². The molecule has 0 aliphatic heterocycles. The third-order valence-electron chi connectivity index (χ3n) is 2.50. The monoisotopic (exact) mass is 376 g/mol. The van der Waals surface area contributed by atoms with E-state index < -0.39 is 0 Å². The van der Waals surface area contributed by atoms with Gasteiger partial charge in [-0.15, -0.1) is 0 Å². The van der Waals surface area contributed by atoms with Crippen LogP contribution < -0.4 is 10.5 Å². The van der Waals surface area contributed by atoms with Crippen molar-refractivity contribution < 1.29 is 4.74 Å². The highest BCUT2D eigenvalue weighted by Crippen LogP contribution is 2.19. The summed E-state index contributed by atoms with van der Waals surface area (Å²) in [4.78, 5) is 0. The van der Waals surface area contributed by atoms with Gasteiger partial charge in [0.15, 0.2) is 0 Å². The minimum absolute atomic E-state index is 0.0482. The second kappa shape index (κ2) is 8.53. The number of nitrogen functional groups attached to an aromatic ring is 1. The predicted octanol–water partition coefficient (Wildman–Crippen LogP) is 4.03. The van der Waals surface area contributed by atoms with E-state index in [2.05, 4.69) is 31.9 Å². The van der Waals surface area contributed by atoms with Gasteiger partial charge in [0.2, 0.25) is 0 Å². The fourth-order valence-corrected chi connectivity index (χ4v) is 2.22. The molecule has 0 unspecified atom stereocenters. The Morgan fingerprint density at radius 1 is 1.22 bits per heavy atom. The molecule has 0 atom stereocenters. The molecule has 0 bridgehead atoms. The lowest BCUT2D eigenvalue weighted by molar-refractivity contribution is 0.304. The molecule has 0 heterocycles. The summed E-state index contributed by atoms with van der Waals surface area (Å²) in [6.07, 6.45) is 4.43. The maximum atomic E-state index is 7.46. The lowest BCUT2D eigenvalue weighted by atomic mass is 10.2. The first-order valence-corrected chi connectivity index (χ1v) is 7.78. The molecule has 0 aliphatic rings. The second-order valence-corrected chi connectivity index (χ2v) is 7.44. The average molecular weight is 378 g/mol. The van der Waals surface area contributed by atoms with E-state index >= 15 is 0 Å². The summed E-state index contributed by atoms with van der Waals surface area (Å²) in [6, 6.07) is 7.40. The summed E-state index contributed by atoms with van der Waals surface area (Å²) in [7, 11) is 0. The third-order valence-corrected chi connectivity index (χ3v) is 3.42. The highest BCUT2D eigenvalue weighted by molar-refractivity contribution is 9.24. The molecule has 0 amide bonds. The zero-order valence-electron chi connectivity index (χ0n) is 10.2. The second-order valence-electron chi connectivity index (χ2n) is 4.00. The maximum absolute atomic E-state index is 7.46. The number of nitrogens with one attached hydrogen (secondary N) is 1. The van der Waals surface area contributed by atoms with Crippen LogP contribution in [-0.4, -0.2) is 16.2 Å². The number of halogens is 2. The van der Waals surface area contributed by atoms with Gasteiger partial charge in [0.1, 0.15) is 11.6 Å². The number of alkyl halides is 2. The number of ether oxygens (including phenoxy) is 1. The number of hydrogen-bond donors (Lipinski definition) is 2. The van der Waals surface area contributed by atoms with E-state index in [4.69, 9.17) is 15.9 Å². The minimum Gasteiger partial charge on any atom is -0.493 e. The average Bonchev–Trinajstić information content (AvgIpc) is 2.33. The maximum Gasteiger partial charge on any atom is 0.130 e. The topological polar surface area (TPSA) is 59.1 Å². The van der Waals surface area contributed by atoms with Crippen molar-refractivity contribution in [2.75, 3.05) is 6.61 Å². The van der Waals surface area contributed by atoms with Crippen molar-refractivity contribution in [3.05, 3.63) is 29.8 Å². The Labute approximate surface area is 125 Å². The quantitative estimate of drug-likeness (QED) is 0.311. The molecule has 0 aromatic heterocycles. The zero-order valence-corrected chi connectivity index (χ0v) is 13.3. The number of rotatable bonds is 8. The van der Waals surface area contributed by atoms with Crippen molar-refractivity contribution in [3.63, 3.8) is 0 Å². The number of benzene rings is 1. The first kappa shape index (κ1) is 15.5. The van der Waals surface area contributed by atoms with E-state index in [0.717, 1.165) is 19.3 Å². The van der Waals surface area contributed by atoms with Gasteiger partial charge in [0.25, 0.3) is 0 Å². The fourth-order valence-electron chi connectivity index (χ4n) is 1.57. The first-order chi connectivity index (χ1) is 8.61. The molecule has 1 rings (SSSR count). The molecule has 5 heteroatoms. The highest BCUT2D eigenvalue weighted by atomic mass is 79.9. The van der Waals surface area contributed by atoms with Gasteiger partial charge in [0.05, 0.1) is 15.9 Å². The van der Waals surface area contributed by atoms with Crippen molar-refractivity contribution in [3.8, 4) is 5.75 Å². The van der Waals surface area contributed by atoms with Crippen molar-refractivity contribution in [2.24, 2.45) is 5.73 Å². The van der Waals surface area contributed by atoms with Gasteiger partial charge in [-0.3, -0.25) is 5.41 Å². The van der Waals surface area contributed by atoms with Gasteiger partial charge in [-0.2, -0.15) is 0 Å². The SMILES string of the molecule is N=C(N)c1ccccc1OCCCCCC(Br)Br. The van der Waals surface area contributed by atoms with Crippen LogP contribution in [-0.2, 0) is 0 Å². The number of nitrogens with two attached hydrogens (primary N) is 1. The number of amidine groups is 1. The normalized spacial score (nSPS) is 10.6. The molecule has 0 radical (unpaired) electrons. The fraction of sp³-hybridized carbons (Fsp3) is 0.462. The Kier molecular flexibility index (Phi) is 7.35. The summed E-state index contributed by atoms with van der Waals surface area (Å²) in [6.45, 7) is 0.666. The van der Waals surface area contributed by atoms with Crippen molar-refractivity contribution in [1.82, 2.24) is 0 Å². The van der Waals surface area contributed by atoms with Crippen molar-refractivity contribution in [2.45, 2.75) is 29.4 Å². The summed E-state index contributed by atoms with van der Waals surface area (Å²) in [5.74, 6) is 0.746. The summed E-state index contributed by atoms with van der Waals surface area (Å²) >= 11 is 6.91. The molecule has 18 heavy (non-hydrogen) atoms. The zero-order chi connectivity index (χ0) is 13.4. The predicted molar refractivity (Wildman–Crippen MR) is 83.1 cm³/mol. The minimum atomic E-state index is 0.0482. The van der Waals surface area contributed by atoms with Crippen LogP contribution >= 0.6 is 31.9 Å². The van der Waals surface area contributed by atoms with Crippen LogP contribution in [0.15, 0.2) is 24.3 Å². The molecule has 100 valence electrons. The standard InChI is InChI=1S/C13H18Br2N2O/c14-12(15)8-2-1-5-9-18-11-7-4-3-6-10(11)13(16)17/h3-4,6-7,12H,1-2,5,8-9H2,(H3,16,17). The number of unbranched alkanes of at least 4 members (excludes halogenated alkanes) is 2. The van der Waals surface area contributed by atoms with Gasteiger partial charge < -0.3 is 10.5 Å². The van der Waals surface area contributed by atoms with Gasteiger partial charge in [-0.1, -0.05) is 50.4 Å². The molecule has 3 nitrogen and oxygen atoms in total. The lowest BCUT2D eigenvalue weighted by Crippen LogP contribution is -2.13. The molecule has 0 saturated carbocycles. The summed E-state index contributed by atoms with van der Waals surface area (Å²) in [5.41, 5.74) is 6.16. The van der Waals surface area contributed by atoms with Gasteiger partial charge in [-0.05, 0) is 31.4 Å². The van der Waals surface area contributed by atoms with Crippen molar-refractivity contribution >= 4 is 37.7 Å². The van der Waals surface area contributed by atoms with Crippen LogP contribution in [0.3, 0.4) is 0 Å². The molecule has 0 fully saturated rings. The molecule has 1 aromatic rings. The third kappa shape index (κ3) is 5.87. The molecular formula is C13H18Br2N2O. The van der Waals surface area contributed by atoms with E-state index in [1.807, 2.05) is 18.2 Å². The molecular weight excluding hydrogens is 360 g/mol. The Morgan fingerprint density at radius 3 is 2.61 bits per heavy atom. The highest BCUT2D eigenvalue weighted by Gasteiger charge is 2.05. The summed E-state index contributed by atoms with van der Waals surface area (Å²) < 4.78 is 6.07. The van der Waals surface area contributed by atoms with E-state index in [9.17, 15) is 0 Å². The Balaban J connectivity index is 2.29. The van der Waals surface area contributed by atoms with Crippen LogP contribution in [0.1, 0.15) is 31.2 Å². The van der Waals surface area contributed by atoms with Crippen LogP contribution in [0.2, 0.25) is 0 Å². The van der Waals surface area contributed by atoms with E-state index in [-0.39, 0.29) is 5.84 Å². The molecule has 3 N–H and O–H groups in total. The Morgan fingerprint density at radius 2 is 1.94 bits per heavy atom. The van der Waals surface area contributed by atoms with E-state index in [0.29, 0.717) is 21.7 Å². The first-order valence-electron chi connectivity index (χ1n) is 5.95. The van der Waals surface area contributed by atoms with Crippen LogP contribution in [0.4, 0.5) is 0 Å². The molecule has 0 spiro atoms. The van der Waals surface area contributed by atoms with Crippen LogP contribution in [0.25, 0.3) is 0 Å². The lowest BCUT2D eigenvalue weighted by Gasteiger charge is -2.10. The molecule has 1 aromatic carbocycles. The summed E-state index contributed by atoms with van der Waals surface area (Å²) in [5, 5.41) is 7.46. The molecule has 0 aliphatic carbocycles. The number of hydrogen-bond acceptors (Lipinski definition) is 2. The number of para-hydroxylation sites is 1. The van der Waals surface area contributed by atoms with Gasteiger partial charge in [-0.25, -0.2) is 0 Å². The smallest absolute Gasteiger partial charge is 0.130 e. The Bertz CT molecular complexity index is 383. The largest absolute Gasteiger partial charge is 0.493 e. The van der Waals surface area contributed by atoms with Crippen molar-refractivity contribution in [1.29, 1.82) is 5.41 Å².